The van der Waals surface area contributed by atoms with Gasteiger partial charge in [-0.2, -0.15) is 0 Å². The minimum atomic E-state index is -0.842. The van der Waals surface area contributed by atoms with E-state index in [9.17, 15) is 9.59 Å². The first kappa shape index (κ1) is 25.0. The first-order valence-corrected chi connectivity index (χ1v) is 12.1. The Labute approximate surface area is 216 Å². The van der Waals surface area contributed by atoms with Crippen LogP contribution in [0.4, 0.5) is 0 Å². The quantitative estimate of drug-likeness (QED) is 0.300. The average Bonchev–Trinajstić information content (AvgIpc) is 2.93. The van der Waals surface area contributed by atoms with Gasteiger partial charge < -0.3 is 15.0 Å². The number of halogens is 1. The van der Waals surface area contributed by atoms with Crippen LogP contribution in [0.15, 0.2) is 115 Å². The Morgan fingerprint density at radius 2 is 1.33 bits per heavy atom. The van der Waals surface area contributed by atoms with Gasteiger partial charge >= 0.3 is 0 Å². The molecule has 0 heterocycles. The maximum atomic E-state index is 13.6. The zero-order chi connectivity index (χ0) is 25.2. The Morgan fingerprint density at radius 1 is 0.750 bits per heavy atom. The molecular weight excluding hydrogens is 472 g/mol. The molecule has 0 saturated carbocycles. The van der Waals surface area contributed by atoms with Gasteiger partial charge in [0.1, 0.15) is 11.8 Å². The number of carbonyl (C=O) groups excluding carboxylic acids is 2. The Kier molecular flexibility index (Phi) is 8.73. The van der Waals surface area contributed by atoms with E-state index in [-0.39, 0.29) is 25.0 Å². The van der Waals surface area contributed by atoms with Gasteiger partial charge in [0.15, 0.2) is 6.61 Å². The Balaban J connectivity index is 1.61. The van der Waals surface area contributed by atoms with Crippen molar-refractivity contribution in [3.05, 3.63) is 137 Å². The number of nitrogens with one attached hydrogen (secondary N) is 1. The monoisotopic (exact) mass is 498 g/mol. The first-order chi connectivity index (χ1) is 17.6. The van der Waals surface area contributed by atoms with E-state index in [0.717, 1.165) is 16.7 Å². The molecule has 1 atom stereocenters. The minimum Gasteiger partial charge on any atom is -0.484 e. The fourth-order valence-corrected chi connectivity index (χ4v) is 3.97. The second kappa shape index (κ2) is 12.6. The molecule has 0 spiro atoms. The Morgan fingerprint density at radius 3 is 1.97 bits per heavy atom. The van der Waals surface area contributed by atoms with E-state index in [1.807, 2.05) is 91.0 Å². The highest BCUT2D eigenvalue weighted by Crippen LogP contribution is 2.25. The number of nitrogens with zero attached hydrogens (tertiary/aromatic N) is 1. The summed E-state index contributed by atoms with van der Waals surface area (Å²) in [6.45, 7) is 0.379. The predicted molar refractivity (Wildman–Crippen MR) is 141 cm³/mol. The van der Waals surface area contributed by atoms with E-state index < -0.39 is 6.04 Å². The van der Waals surface area contributed by atoms with Crippen LogP contribution in [0.5, 0.6) is 5.75 Å². The molecule has 0 fully saturated rings. The third-order valence-corrected chi connectivity index (χ3v) is 5.93. The van der Waals surface area contributed by atoms with Gasteiger partial charge in [0, 0.05) is 18.1 Å². The summed E-state index contributed by atoms with van der Waals surface area (Å²) in [6, 6.07) is 34.5. The highest BCUT2D eigenvalue weighted by Gasteiger charge is 2.31. The van der Waals surface area contributed by atoms with Crippen molar-refractivity contribution in [3.63, 3.8) is 0 Å². The van der Waals surface area contributed by atoms with Gasteiger partial charge in [-0.05, 0) is 41.0 Å². The molecule has 182 valence electrons. The van der Waals surface area contributed by atoms with Crippen molar-refractivity contribution in [1.82, 2.24) is 10.2 Å². The lowest BCUT2D eigenvalue weighted by atomic mass is 10.0. The summed E-state index contributed by atoms with van der Waals surface area (Å²) >= 11 is 5.99. The van der Waals surface area contributed by atoms with E-state index >= 15 is 0 Å². The molecule has 6 heteroatoms. The fourth-order valence-electron chi connectivity index (χ4n) is 3.84. The molecule has 0 aromatic heterocycles. The first-order valence-electron chi connectivity index (χ1n) is 11.7. The number of hydrogen-bond donors (Lipinski definition) is 1. The second-order valence-electron chi connectivity index (χ2n) is 8.27. The number of hydrogen-bond acceptors (Lipinski definition) is 3. The van der Waals surface area contributed by atoms with Crippen LogP contribution in [0.2, 0.25) is 5.02 Å². The highest BCUT2D eigenvalue weighted by atomic mass is 35.5. The second-order valence-corrected chi connectivity index (χ2v) is 8.70. The van der Waals surface area contributed by atoms with Crippen LogP contribution in [0.1, 0.15) is 22.7 Å². The molecule has 2 amide bonds. The lowest BCUT2D eigenvalue weighted by molar-refractivity contribution is -0.143. The smallest absolute Gasteiger partial charge is 0.261 e. The Bertz CT molecular complexity index is 1250. The SMILES string of the molecule is O=C(NCc1ccc(Cl)cc1)[C@@H](c1ccccc1)N(Cc1ccccc1)C(=O)COc1ccccc1. The van der Waals surface area contributed by atoms with Crippen molar-refractivity contribution in [2.24, 2.45) is 0 Å². The van der Waals surface area contributed by atoms with Gasteiger partial charge in [-0.3, -0.25) is 9.59 Å². The predicted octanol–water partition coefficient (Wildman–Crippen LogP) is 5.81. The highest BCUT2D eigenvalue weighted by molar-refractivity contribution is 6.30. The standard InChI is InChI=1S/C30H27ClN2O3/c31-26-18-16-23(17-19-26)20-32-30(35)29(25-12-6-2-7-13-25)33(21-24-10-4-1-5-11-24)28(34)22-36-27-14-8-3-9-15-27/h1-19,29H,20-22H2,(H,32,35)/t29-/m1/s1. The van der Waals surface area contributed by atoms with Crippen molar-refractivity contribution in [2.45, 2.75) is 19.1 Å². The molecule has 0 saturated heterocycles. The van der Waals surface area contributed by atoms with Crippen molar-refractivity contribution < 1.29 is 14.3 Å². The van der Waals surface area contributed by atoms with Crippen LogP contribution in [-0.4, -0.2) is 23.3 Å². The summed E-state index contributed by atoms with van der Waals surface area (Å²) < 4.78 is 5.76. The molecule has 4 aromatic carbocycles. The molecule has 0 aliphatic rings. The summed E-state index contributed by atoms with van der Waals surface area (Å²) in [5.74, 6) is 0.0207. The molecule has 0 unspecified atom stereocenters. The minimum absolute atomic E-state index is 0.190. The number of ether oxygens (including phenoxy) is 1. The van der Waals surface area contributed by atoms with Crippen molar-refractivity contribution >= 4 is 23.4 Å². The molecule has 0 aliphatic carbocycles. The zero-order valence-electron chi connectivity index (χ0n) is 19.7. The van der Waals surface area contributed by atoms with Gasteiger partial charge in [0.05, 0.1) is 0 Å². The largest absolute Gasteiger partial charge is 0.484 e. The third kappa shape index (κ3) is 6.96. The molecule has 1 N–H and O–H groups in total. The molecular formula is C30H27ClN2O3. The number of carbonyl (C=O) groups is 2. The van der Waals surface area contributed by atoms with Gasteiger partial charge in [0.2, 0.25) is 5.91 Å². The molecule has 4 rings (SSSR count). The van der Waals surface area contributed by atoms with Crippen molar-refractivity contribution in [2.75, 3.05) is 6.61 Å². The molecule has 5 nitrogen and oxygen atoms in total. The summed E-state index contributed by atoms with van der Waals surface area (Å²) in [5, 5.41) is 3.63. The summed E-state index contributed by atoms with van der Waals surface area (Å²) in [4.78, 5) is 28.8. The van der Waals surface area contributed by atoms with Gasteiger partial charge in [-0.15, -0.1) is 0 Å². The van der Waals surface area contributed by atoms with Gasteiger partial charge in [-0.25, -0.2) is 0 Å². The van der Waals surface area contributed by atoms with Crippen molar-refractivity contribution in [1.29, 1.82) is 0 Å². The van der Waals surface area contributed by atoms with E-state index in [1.54, 1.807) is 29.2 Å². The lowest BCUT2D eigenvalue weighted by Crippen LogP contribution is -2.45. The summed E-state index contributed by atoms with van der Waals surface area (Å²) in [5.41, 5.74) is 2.54. The zero-order valence-corrected chi connectivity index (χ0v) is 20.5. The van der Waals surface area contributed by atoms with E-state index in [4.69, 9.17) is 16.3 Å². The van der Waals surface area contributed by atoms with Crippen LogP contribution < -0.4 is 10.1 Å². The van der Waals surface area contributed by atoms with E-state index in [0.29, 0.717) is 17.3 Å². The van der Waals surface area contributed by atoms with Crippen LogP contribution in [0, 0.1) is 0 Å². The number of amides is 2. The molecule has 36 heavy (non-hydrogen) atoms. The van der Waals surface area contributed by atoms with Crippen LogP contribution >= 0.6 is 11.6 Å². The fraction of sp³-hybridized carbons (Fsp3) is 0.133. The van der Waals surface area contributed by atoms with E-state index in [1.165, 1.54) is 0 Å². The maximum Gasteiger partial charge on any atom is 0.261 e. The van der Waals surface area contributed by atoms with Gasteiger partial charge in [-0.1, -0.05) is 103 Å². The third-order valence-electron chi connectivity index (χ3n) is 5.68. The van der Waals surface area contributed by atoms with Crippen molar-refractivity contribution in [3.8, 4) is 5.75 Å². The molecule has 0 aliphatic heterocycles. The van der Waals surface area contributed by atoms with Crippen LogP contribution in [0.25, 0.3) is 0 Å². The summed E-state index contributed by atoms with van der Waals surface area (Å²) in [7, 11) is 0. The van der Waals surface area contributed by atoms with Gasteiger partial charge in [0.25, 0.3) is 5.91 Å². The van der Waals surface area contributed by atoms with Crippen LogP contribution in [-0.2, 0) is 22.7 Å². The number of para-hydroxylation sites is 1. The van der Waals surface area contributed by atoms with Crippen LogP contribution in [0.3, 0.4) is 0 Å². The Hall–Kier alpha value is -4.09. The normalized spacial score (nSPS) is 11.4. The lowest BCUT2D eigenvalue weighted by Gasteiger charge is -2.31. The molecule has 0 radical (unpaired) electrons. The number of benzene rings is 4. The summed E-state index contributed by atoms with van der Waals surface area (Å²) in [6.07, 6.45) is 0. The maximum absolute atomic E-state index is 13.6. The topological polar surface area (TPSA) is 58.6 Å². The molecule has 4 aromatic rings. The van der Waals surface area contributed by atoms with E-state index in [2.05, 4.69) is 5.32 Å². The molecule has 0 bridgehead atoms. The number of rotatable bonds is 10. The average molecular weight is 499 g/mol.